The van der Waals surface area contributed by atoms with Gasteiger partial charge in [-0.25, -0.2) is 0 Å². The highest BCUT2D eigenvalue weighted by Gasteiger charge is 2.27. The van der Waals surface area contributed by atoms with Crippen LogP contribution in [0.3, 0.4) is 0 Å². The number of amides is 1. The quantitative estimate of drug-likeness (QED) is 0.812. The van der Waals surface area contributed by atoms with Crippen LogP contribution in [0.4, 0.5) is 0 Å². The number of hydrogen-bond acceptors (Lipinski definition) is 3. The summed E-state index contributed by atoms with van der Waals surface area (Å²) in [5.74, 6) is 4.04. The molecular weight excluding hydrogens is 220 g/mol. The Bertz CT molecular complexity index is 241. The molecule has 0 bridgehead atoms. The molecule has 2 saturated heterocycles. The number of likely N-dealkylation sites (tertiary alicyclic amines) is 1. The van der Waals surface area contributed by atoms with Gasteiger partial charge in [0, 0.05) is 19.5 Å². The van der Waals surface area contributed by atoms with Gasteiger partial charge >= 0.3 is 0 Å². The van der Waals surface area contributed by atoms with Crippen molar-refractivity contribution in [1.82, 2.24) is 4.90 Å². The molecule has 0 aromatic heterocycles. The van der Waals surface area contributed by atoms with Crippen molar-refractivity contribution >= 4 is 17.7 Å². The first-order valence-electron chi connectivity index (χ1n) is 6.35. The highest BCUT2D eigenvalue weighted by molar-refractivity contribution is 7.99. The van der Waals surface area contributed by atoms with Crippen LogP contribution >= 0.6 is 11.8 Å². The average molecular weight is 242 g/mol. The molecule has 2 heterocycles. The van der Waals surface area contributed by atoms with Crippen LogP contribution in [0, 0.1) is 11.8 Å². The number of nitrogens with two attached hydrogens (primary N) is 1. The first-order chi connectivity index (χ1) is 7.79. The molecule has 2 N–H and O–H groups in total. The minimum Gasteiger partial charge on any atom is -0.342 e. The number of nitrogens with zero attached hydrogens (tertiary/aromatic N) is 1. The number of hydrogen-bond donors (Lipinski definition) is 1. The summed E-state index contributed by atoms with van der Waals surface area (Å²) in [4.78, 5) is 14.1. The van der Waals surface area contributed by atoms with Gasteiger partial charge in [-0.2, -0.15) is 11.8 Å². The first kappa shape index (κ1) is 12.2. The lowest BCUT2D eigenvalue weighted by Gasteiger charge is -2.24. The van der Waals surface area contributed by atoms with Crippen molar-refractivity contribution < 1.29 is 4.79 Å². The molecule has 2 rings (SSSR count). The molecule has 3 nitrogen and oxygen atoms in total. The van der Waals surface area contributed by atoms with Crippen LogP contribution in [-0.2, 0) is 4.79 Å². The van der Waals surface area contributed by atoms with Crippen molar-refractivity contribution in [2.45, 2.75) is 25.7 Å². The van der Waals surface area contributed by atoms with Crippen molar-refractivity contribution in [2.75, 3.05) is 31.1 Å². The van der Waals surface area contributed by atoms with E-state index in [1.807, 2.05) is 16.7 Å². The van der Waals surface area contributed by atoms with Crippen molar-refractivity contribution in [2.24, 2.45) is 17.6 Å². The van der Waals surface area contributed by atoms with Crippen molar-refractivity contribution in [3.63, 3.8) is 0 Å². The molecule has 2 aliphatic heterocycles. The second-order valence-electron chi connectivity index (χ2n) is 4.99. The monoisotopic (exact) mass is 242 g/mol. The van der Waals surface area contributed by atoms with Gasteiger partial charge in [0.25, 0.3) is 0 Å². The van der Waals surface area contributed by atoms with Gasteiger partial charge in [0.1, 0.15) is 0 Å². The smallest absolute Gasteiger partial charge is 0.222 e. The fourth-order valence-corrected chi connectivity index (χ4v) is 3.78. The SMILES string of the molecule is NCC1CCN(C(=O)CC2CCSCC2)C1. The second-order valence-corrected chi connectivity index (χ2v) is 6.21. The molecule has 16 heavy (non-hydrogen) atoms. The third kappa shape index (κ3) is 3.14. The summed E-state index contributed by atoms with van der Waals surface area (Å²) in [5.41, 5.74) is 5.64. The lowest BCUT2D eigenvalue weighted by Crippen LogP contribution is -2.31. The fraction of sp³-hybridized carbons (Fsp3) is 0.917. The predicted molar refractivity (Wildman–Crippen MR) is 68.4 cm³/mol. The van der Waals surface area contributed by atoms with E-state index in [1.54, 1.807) is 0 Å². The largest absolute Gasteiger partial charge is 0.342 e. The molecule has 0 saturated carbocycles. The third-order valence-electron chi connectivity index (χ3n) is 3.78. The Hall–Kier alpha value is -0.220. The fourth-order valence-electron chi connectivity index (χ4n) is 2.58. The minimum atomic E-state index is 0.368. The molecular formula is C12H22N2OS. The van der Waals surface area contributed by atoms with Gasteiger partial charge in [-0.05, 0) is 49.1 Å². The molecule has 1 amide bonds. The van der Waals surface area contributed by atoms with E-state index in [9.17, 15) is 4.79 Å². The maximum atomic E-state index is 12.1. The molecule has 2 aliphatic rings. The highest BCUT2D eigenvalue weighted by atomic mass is 32.2. The van der Waals surface area contributed by atoms with Crippen LogP contribution in [0.15, 0.2) is 0 Å². The molecule has 2 fully saturated rings. The van der Waals surface area contributed by atoms with Gasteiger partial charge in [-0.3, -0.25) is 4.79 Å². The van der Waals surface area contributed by atoms with E-state index in [4.69, 9.17) is 5.73 Å². The zero-order chi connectivity index (χ0) is 11.4. The lowest BCUT2D eigenvalue weighted by atomic mass is 9.98. The summed E-state index contributed by atoms with van der Waals surface area (Å²) in [7, 11) is 0. The molecule has 0 aromatic rings. The Kier molecular flexibility index (Phi) is 4.53. The maximum Gasteiger partial charge on any atom is 0.222 e. The van der Waals surface area contributed by atoms with Crippen LogP contribution < -0.4 is 5.73 Å². The molecule has 0 aromatic carbocycles. The predicted octanol–water partition coefficient (Wildman–Crippen LogP) is 1.33. The van der Waals surface area contributed by atoms with E-state index in [2.05, 4.69) is 0 Å². The van der Waals surface area contributed by atoms with Crippen molar-refractivity contribution in [1.29, 1.82) is 0 Å². The summed E-state index contributed by atoms with van der Waals surface area (Å²) < 4.78 is 0. The molecule has 4 heteroatoms. The van der Waals surface area contributed by atoms with E-state index < -0.39 is 0 Å². The summed E-state index contributed by atoms with van der Waals surface area (Å²) >= 11 is 2.02. The number of thioether (sulfide) groups is 1. The number of rotatable bonds is 3. The van der Waals surface area contributed by atoms with Crippen molar-refractivity contribution in [3.8, 4) is 0 Å². The molecule has 0 aliphatic carbocycles. The molecule has 0 spiro atoms. The third-order valence-corrected chi connectivity index (χ3v) is 4.82. The Morgan fingerprint density at radius 1 is 1.25 bits per heavy atom. The molecule has 92 valence electrons. The van der Waals surface area contributed by atoms with Gasteiger partial charge in [0.05, 0.1) is 0 Å². The number of carbonyl (C=O) groups is 1. The average Bonchev–Trinajstić information content (AvgIpc) is 2.79. The maximum absolute atomic E-state index is 12.1. The van der Waals surface area contributed by atoms with Crippen molar-refractivity contribution in [3.05, 3.63) is 0 Å². The summed E-state index contributed by atoms with van der Waals surface area (Å²) in [6.45, 7) is 2.56. The topological polar surface area (TPSA) is 46.3 Å². The zero-order valence-electron chi connectivity index (χ0n) is 9.86. The van der Waals surface area contributed by atoms with Gasteiger partial charge in [-0.1, -0.05) is 0 Å². The Balaban J connectivity index is 1.75. The van der Waals surface area contributed by atoms with Crippen LogP contribution in [0.5, 0.6) is 0 Å². The Morgan fingerprint density at radius 2 is 2.00 bits per heavy atom. The van der Waals surface area contributed by atoms with Gasteiger partial charge in [0.2, 0.25) is 5.91 Å². The second kappa shape index (κ2) is 5.92. The molecule has 1 unspecified atom stereocenters. The van der Waals surface area contributed by atoms with E-state index in [0.29, 0.717) is 17.7 Å². The highest BCUT2D eigenvalue weighted by Crippen LogP contribution is 2.26. The van der Waals surface area contributed by atoms with E-state index >= 15 is 0 Å². The minimum absolute atomic E-state index is 0.368. The molecule has 0 radical (unpaired) electrons. The van der Waals surface area contributed by atoms with Gasteiger partial charge < -0.3 is 10.6 Å². The summed E-state index contributed by atoms with van der Waals surface area (Å²) in [6.07, 6.45) is 4.33. The van der Waals surface area contributed by atoms with Crippen LogP contribution in [0.25, 0.3) is 0 Å². The zero-order valence-corrected chi connectivity index (χ0v) is 10.7. The Morgan fingerprint density at radius 3 is 2.62 bits per heavy atom. The Labute approximate surface area is 102 Å². The normalized spacial score (nSPS) is 27.3. The van der Waals surface area contributed by atoms with Crippen LogP contribution in [0.2, 0.25) is 0 Å². The number of carbonyl (C=O) groups excluding carboxylic acids is 1. The van der Waals surface area contributed by atoms with Gasteiger partial charge in [0.15, 0.2) is 0 Å². The standard InChI is InChI=1S/C12H22N2OS/c13-8-11-1-4-14(9-11)12(15)7-10-2-5-16-6-3-10/h10-11H,1-9,13H2. The van der Waals surface area contributed by atoms with Crippen LogP contribution in [0.1, 0.15) is 25.7 Å². The summed E-state index contributed by atoms with van der Waals surface area (Å²) in [5, 5.41) is 0. The van der Waals surface area contributed by atoms with Gasteiger partial charge in [-0.15, -0.1) is 0 Å². The summed E-state index contributed by atoms with van der Waals surface area (Å²) in [6, 6.07) is 0. The molecule has 1 atom stereocenters. The van der Waals surface area contributed by atoms with E-state index in [-0.39, 0.29) is 0 Å². The first-order valence-corrected chi connectivity index (χ1v) is 7.50. The lowest BCUT2D eigenvalue weighted by molar-refractivity contribution is -0.131. The van der Waals surface area contributed by atoms with Crippen LogP contribution in [-0.4, -0.2) is 41.9 Å². The van der Waals surface area contributed by atoms with E-state index in [0.717, 1.165) is 32.5 Å². The van der Waals surface area contributed by atoms with E-state index in [1.165, 1.54) is 24.3 Å².